The summed E-state index contributed by atoms with van der Waals surface area (Å²) in [7, 11) is 1.58. The standard InChI is InChI=1S/C16H12N2O3/c1-21-11-8-6-10(7-9-11)15-14(16(19)20)12-4-2-3-5-13(12)17-18-15/h2-9H,1H3,(H,19,20). The van der Waals surface area contributed by atoms with Gasteiger partial charge < -0.3 is 9.84 Å². The Labute approximate surface area is 120 Å². The first-order chi connectivity index (χ1) is 10.2. The molecule has 5 nitrogen and oxygen atoms in total. The maximum atomic E-state index is 11.6. The lowest BCUT2D eigenvalue weighted by molar-refractivity contribution is 0.0699. The zero-order chi connectivity index (χ0) is 14.8. The van der Waals surface area contributed by atoms with Crippen molar-refractivity contribution in [3.05, 3.63) is 54.1 Å². The number of fused-ring (bicyclic) bond motifs is 1. The zero-order valence-corrected chi connectivity index (χ0v) is 11.3. The van der Waals surface area contributed by atoms with Crippen LogP contribution in [-0.4, -0.2) is 28.4 Å². The van der Waals surface area contributed by atoms with Gasteiger partial charge in [-0.15, -0.1) is 10.2 Å². The summed E-state index contributed by atoms with van der Waals surface area (Å²) >= 11 is 0. The third-order valence-electron chi connectivity index (χ3n) is 3.25. The smallest absolute Gasteiger partial charge is 0.338 e. The minimum absolute atomic E-state index is 0.158. The monoisotopic (exact) mass is 280 g/mol. The number of rotatable bonds is 3. The molecular formula is C16H12N2O3. The molecule has 0 amide bonds. The molecule has 1 heterocycles. The molecule has 5 heteroatoms. The average Bonchev–Trinajstić information content (AvgIpc) is 2.53. The highest BCUT2D eigenvalue weighted by atomic mass is 16.5. The van der Waals surface area contributed by atoms with E-state index in [0.717, 1.165) is 0 Å². The Bertz CT molecular complexity index is 813. The van der Waals surface area contributed by atoms with Gasteiger partial charge in [0.15, 0.2) is 0 Å². The summed E-state index contributed by atoms with van der Waals surface area (Å²) in [4.78, 5) is 11.6. The van der Waals surface area contributed by atoms with Gasteiger partial charge in [0.25, 0.3) is 0 Å². The van der Waals surface area contributed by atoms with Gasteiger partial charge >= 0.3 is 5.97 Å². The number of carbonyl (C=O) groups is 1. The van der Waals surface area contributed by atoms with Crippen LogP contribution in [0.1, 0.15) is 10.4 Å². The number of methoxy groups -OCH3 is 1. The number of hydrogen-bond donors (Lipinski definition) is 1. The lowest BCUT2D eigenvalue weighted by Gasteiger charge is -2.08. The van der Waals surface area contributed by atoms with Crippen molar-refractivity contribution in [1.29, 1.82) is 0 Å². The molecule has 21 heavy (non-hydrogen) atoms. The van der Waals surface area contributed by atoms with E-state index < -0.39 is 5.97 Å². The van der Waals surface area contributed by atoms with Crippen molar-refractivity contribution >= 4 is 16.9 Å². The van der Waals surface area contributed by atoms with Crippen LogP contribution in [0.5, 0.6) is 5.75 Å². The Morgan fingerprint density at radius 2 is 1.76 bits per heavy atom. The summed E-state index contributed by atoms with van der Waals surface area (Å²) in [5.74, 6) is -0.323. The van der Waals surface area contributed by atoms with Crippen LogP contribution < -0.4 is 4.74 Å². The van der Waals surface area contributed by atoms with Crippen molar-refractivity contribution in [3.63, 3.8) is 0 Å². The molecule has 0 fully saturated rings. The van der Waals surface area contributed by atoms with Crippen molar-refractivity contribution in [2.45, 2.75) is 0 Å². The summed E-state index contributed by atoms with van der Waals surface area (Å²) in [5, 5.41) is 18.3. The summed E-state index contributed by atoms with van der Waals surface area (Å²) in [6.45, 7) is 0. The summed E-state index contributed by atoms with van der Waals surface area (Å²) in [5.41, 5.74) is 1.76. The summed E-state index contributed by atoms with van der Waals surface area (Å²) < 4.78 is 5.10. The van der Waals surface area contributed by atoms with E-state index in [1.54, 1.807) is 55.6 Å². The van der Waals surface area contributed by atoms with Gasteiger partial charge in [-0.25, -0.2) is 4.79 Å². The molecule has 1 aromatic heterocycles. The van der Waals surface area contributed by atoms with E-state index in [4.69, 9.17) is 4.74 Å². The van der Waals surface area contributed by atoms with Gasteiger partial charge in [-0.05, 0) is 30.3 Å². The lowest BCUT2D eigenvalue weighted by Crippen LogP contribution is -2.05. The fraction of sp³-hybridized carbons (Fsp3) is 0.0625. The second kappa shape index (κ2) is 5.20. The fourth-order valence-electron chi connectivity index (χ4n) is 2.22. The van der Waals surface area contributed by atoms with Crippen molar-refractivity contribution in [3.8, 4) is 17.0 Å². The summed E-state index contributed by atoms with van der Waals surface area (Å²) in [6, 6.07) is 14.1. The highest BCUT2D eigenvalue weighted by Gasteiger charge is 2.18. The molecule has 0 aliphatic heterocycles. The van der Waals surface area contributed by atoms with Crippen LogP contribution in [0.25, 0.3) is 22.2 Å². The quantitative estimate of drug-likeness (QED) is 0.798. The van der Waals surface area contributed by atoms with E-state index in [0.29, 0.717) is 27.9 Å². The van der Waals surface area contributed by atoms with E-state index in [9.17, 15) is 9.90 Å². The molecule has 0 spiro atoms. The van der Waals surface area contributed by atoms with Gasteiger partial charge in [0.05, 0.1) is 18.2 Å². The van der Waals surface area contributed by atoms with Gasteiger partial charge in [-0.3, -0.25) is 0 Å². The van der Waals surface area contributed by atoms with E-state index in [1.807, 2.05) is 0 Å². The molecule has 0 aliphatic rings. The third kappa shape index (κ3) is 2.29. The number of aromatic carboxylic acids is 1. The van der Waals surface area contributed by atoms with E-state index in [-0.39, 0.29) is 5.56 Å². The van der Waals surface area contributed by atoms with Crippen LogP contribution in [-0.2, 0) is 0 Å². The zero-order valence-electron chi connectivity index (χ0n) is 11.3. The van der Waals surface area contributed by atoms with Crippen molar-refractivity contribution in [1.82, 2.24) is 10.2 Å². The second-order valence-electron chi connectivity index (χ2n) is 4.47. The molecule has 104 valence electrons. The minimum Gasteiger partial charge on any atom is -0.497 e. The highest BCUT2D eigenvalue weighted by Crippen LogP contribution is 2.28. The normalized spacial score (nSPS) is 10.5. The van der Waals surface area contributed by atoms with Gasteiger partial charge in [0.1, 0.15) is 11.4 Å². The molecule has 0 radical (unpaired) electrons. The number of benzene rings is 2. The Balaban J connectivity index is 2.26. The first kappa shape index (κ1) is 13.1. The van der Waals surface area contributed by atoms with Gasteiger partial charge in [-0.2, -0.15) is 0 Å². The van der Waals surface area contributed by atoms with Crippen LogP contribution in [0.4, 0.5) is 0 Å². The first-order valence-corrected chi connectivity index (χ1v) is 6.34. The van der Waals surface area contributed by atoms with Gasteiger partial charge in [0, 0.05) is 10.9 Å². The molecule has 0 saturated carbocycles. The maximum Gasteiger partial charge on any atom is 0.338 e. The number of nitrogens with zero attached hydrogens (tertiary/aromatic N) is 2. The van der Waals surface area contributed by atoms with E-state index in [2.05, 4.69) is 10.2 Å². The fourth-order valence-corrected chi connectivity index (χ4v) is 2.22. The van der Waals surface area contributed by atoms with Gasteiger partial charge in [-0.1, -0.05) is 18.2 Å². The second-order valence-corrected chi connectivity index (χ2v) is 4.47. The van der Waals surface area contributed by atoms with Crippen LogP contribution >= 0.6 is 0 Å². The Kier molecular flexibility index (Phi) is 3.23. The molecular weight excluding hydrogens is 268 g/mol. The van der Waals surface area contributed by atoms with Crippen molar-refractivity contribution in [2.75, 3.05) is 7.11 Å². The number of carboxylic acids is 1. The van der Waals surface area contributed by atoms with E-state index >= 15 is 0 Å². The topological polar surface area (TPSA) is 72.3 Å². The first-order valence-electron chi connectivity index (χ1n) is 6.34. The van der Waals surface area contributed by atoms with Crippen LogP contribution in [0.15, 0.2) is 48.5 Å². The lowest BCUT2D eigenvalue weighted by atomic mass is 10.0. The number of hydrogen-bond acceptors (Lipinski definition) is 4. The van der Waals surface area contributed by atoms with Gasteiger partial charge in [0.2, 0.25) is 0 Å². The van der Waals surface area contributed by atoms with Crippen LogP contribution in [0.2, 0.25) is 0 Å². The minimum atomic E-state index is -1.02. The Morgan fingerprint density at radius 1 is 1.05 bits per heavy atom. The van der Waals surface area contributed by atoms with Crippen molar-refractivity contribution < 1.29 is 14.6 Å². The molecule has 3 rings (SSSR count). The third-order valence-corrected chi connectivity index (χ3v) is 3.25. The molecule has 0 bridgehead atoms. The Morgan fingerprint density at radius 3 is 2.43 bits per heavy atom. The molecule has 2 aromatic carbocycles. The predicted octanol–water partition coefficient (Wildman–Crippen LogP) is 3.00. The van der Waals surface area contributed by atoms with Crippen molar-refractivity contribution in [2.24, 2.45) is 0 Å². The van der Waals surface area contributed by atoms with E-state index in [1.165, 1.54) is 0 Å². The molecule has 0 atom stereocenters. The molecule has 0 unspecified atom stereocenters. The Hall–Kier alpha value is -2.95. The van der Waals surface area contributed by atoms with Crippen LogP contribution in [0, 0.1) is 0 Å². The summed E-state index contributed by atoms with van der Waals surface area (Å²) in [6.07, 6.45) is 0. The number of carboxylic acid groups (broad SMARTS) is 1. The molecule has 0 saturated heterocycles. The highest BCUT2D eigenvalue weighted by molar-refractivity contribution is 6.07. The molecule has 1 N–H and O–H groups in total. The predicted molar refractivity (Wildman–Crippen MR) is 78.5 cm³/mol. The van der Waals surface area contributed by atoms with Crippen LogP contribution in [0.3, 0.4) is 0 Å². The SMILES string of the molecule is COc1ccc(-c2nnc3ccccc3c2C(=O)O)cc1. The average molecular weight is 280 g/mol. The molecule has 0 aliphatic carbocycles. The molecule has 3 aromatic rings. The number of aromatic nitrogens is 2. The largest absolute Gasteiger partial charge is 0.497 e. The maximum absolute atomic E-state index is 11.6. The number of ether oxygens (including phenoxy) is 1.